The summed E-state index contributed by atoms with van der Waals surface area (Å²) in [5.41, 5.74) is 0. The van der Waals surface area contributed by atoms with Gasteiger partial charge in [-0.05, 0) is 18.6 Å². The van der Waals surface area contributed by atoms with Crippen molar-refractivity contribution in [3.8, 4) is 5.75 Å². The minimum atomic E-state index is -1.01. The topological polar surface area (TPSA) is 47.0 Å². The van der Waals surface area contributed by atoms with Crippen molar-refractivity contribution in [3.05, 3.63) is 33.2 Å². The summed E-state index contributed by atoms with van der Waals surface area (Å²) in [6.45, 7) is 2.89. The number of halogens is 3. The van der Waals surface area contributed by atoms with Crippen molar-refractivity contribution in [2.75, 3.05) is 11.9 Å². The van der Waals surface area contributed by atoms with Crippen molar-refractivity contribution in [1.29, 1.82) is 0 Å². The molecule has 1 aromatic carbocycles. The van der Waals surface area contributed by atoms with Gasteiger partial charge in [0.05, 0.1) is 0 Å². The number of ether oxygens (including phenoxy) is 1. The first kappa shape index (κ1) is 15.1. The zero-order chi connectivity index (χ0) is 14.5. The van der Waals surface area contributed by atoms with Crippen LogP contribution in [0.1, 0.15) is 18.4 Å². The molecule has 0 spiro atoms. The lowest BCUT2D eigenvalue weighted by Gasteiger charge is -2.06. The van der Waals surface area contributed by atoms with Gasteiger partial charge in [-0.1, -0.05) is 34.2 Å². The number of benzene rings is 1. The lowest BCUT2D eigenvalue weighted by atomic mass is 10.3. The Kier molecular flexibility index (Phi) is 5.24. The van der Waals surface area contributed by atoms with E-state index in [1.165, 1.54) is 17.4 Å². The molecule has 0 unspecified atom stereocenters. The summed E-state index contributed by atoms with van der Waals surface area (Å²) < 4.78 is 32.3. The second-order valence-corrected chi connectivity index (χ2v) is 5.89. The van der Waals surface area contributed by atoms with E-state index in [0.29, 0.717) is 14.6 Å². The standard InChI is InChI=1S/C12H12BrF2N3OS/c1-2-3-16-12-18-17-10(20-12)6-19-9-5-7(13)4-8(14)11(9)15/h4-5H,2-3,6H2,1H3,(H,16,18). The molecule has 1 aromatic heterocycles. The molecular formula is C12H12BrF2N3OS. The fourth-order valence-electron chi connectivity index (χ4n) is 1.39. The van der Waals surface area contributed by atoms with E-state index in [0.717, 1.165) is 19.0 Å². The summed E-state index contributed by atoms with van der Waals surface area (Å²) in [7, 11) is 0. The van der Waals surface area contributed by atoms with Crippen LogP contribution in [-0.2, 0) is 6.61 Å². The van der Waals surface area contributed by atoms with Gasteiger partial charge < -0.3 is 10.1 Å². The fraction of sp³-hybridized carbons (Fsp3) is 0.333. The molecule has 0 atom stereocenters. The van der Waals surface area contributed by atoms with Crippen molar-refractivity contribution in [2.24, 2.45) is 0 Å². The maximum absolute atomic E-state index is 13.5. The predicted octanol–water partition coefficient (Wildman–Crippen LogP) is 3.98. The Hall–Kier alpha value is -1.28. The molecule has 0 aliphatic rings. The SMILES string of the molecule is CCCNc1nnc(COc2cc(Br)cc(F)c2F)s1. The normalized spacial score (nSPS) is 10.6. The Morgan fingerprint density at radius 2 is 2.15 bits per heavy atom. The van der Waals surface area contributed by atoms with Crippen molar-refractivity contribution >= 4 is 32.4 Å². The Bertz CT molecular complexity index is 594. The maximum atomic E-state index is 13.5. The molecule has 2 aromatic rings. The zero-order valence-corrected chi connectivity index (χ0v) is 13.0. The molecule has 0 saturated heterocycles. The van der Waals surface area contributed by atoms with Crippen LogP contribution in [0.4, 0.5) is 13.9 Å². The highest BCUT2D eigenvalue weighted by molar-refractivity contribution is 9.10. The van der Waals surface area contributed by atoms with E-state index in [1.807, 2.05) is 6.92 Å². The van der Waals surface area contributed by atoms with Crippen LogP contribution in [0.25, 0.3) is 0 Å². The first-order chi connectivity index (χ1) is 9.60. The van der Waals surface area contributed by atoms with Crippen molar-refractivity contribution in [3.63, 3.8) is 0 Å². The number of hydrogen-bond acceptors (Lipinski definition) is 5. The Morgan fingerprint density at radius 1 is 1.35 bits per heavy atom. The average molecular weight is 364 g/mol. The van der Waals surface area contributed by atoms with Gasteiger partial charge in [0.15, 0.2) is 16.6 Å². The molecule has 0 fully saturated rings. The molecular weight excluding hydrogens is 352 g/mol. The third-order valence-electron chi connectivity index (χ3n) is 2.30. The van der Waals surface area contributed by atoms with Crippen LogP contribution in [-0.4, -0.2) is 16.7 Å². The monoisotopic (exact) mass is 363 g/mol. The average Bonchev–Trinajstić information content (AvgIpc) is 2.86. The van der Waals surface area contributed by atoms with Gasteiger partial charge in [-0.2, -0.15) is 4.39 Å². The van der Waals surface area contributed by atoms with E-state index < -0.39 is 11.6 Å². The number of rotatable bonds is 6. The molecule has 4 nitrogen and oxygen atoms in total. The molecule has 0 radical (unpaired) electrons. The van der Waals surface area contributed by atoms with E-state index in [9.17, 15) is 8.78 Å². The fourth-order valence-corrected chi connectivity index (χ4v) is 2.48. The molecule has 0 aliphatic heterocycles. The second-order valence-electron chi connectivity index (χ2n) is 3.92. The van der Waals surface area contributed by atoms with Gasteiger partial charge in [0.25, 0.3) is 0 Å². The molecule has 0 bridgehead atoms. The maximum Gasteiger partial charge on any atom is 0.205 e. The van der Waals surface area contributed by atoms with Crippen LogP contribution in [0.2, 0.25) is 0 Å². The summed E-state index contributed by atoms with van der Waals surface area (Å²) in [5.74, 6) is -2.13. The lowest BCUT2D eigenvalue weighted by Crippen LogP contribution is -1.99. The molecule has 0 amide bonds. The Balaban J connectivity index is 2.00. The van der Waals surface area contributed by atoms with E-state index in [-0.39, 0.29) is 12.4 Å². The highest BCUT2D eigenvalue weighted by Crippen LogP contribution is 2.26. The number of nitrogens with zero attached hydrogens (tertiary/aromatic N) is 2. The van der Waals surface area contributed by atoms with Crippen LogP contribution < -0.4 is 10.1 Å². The van der Waals surface area contributed by atoms with E-state index >= 15 is 0 Å². The van der Waals surface area contributed by atoms with Gasteiger partial charge in [-0.25, -0.2) is 4.39 Å². The quantitative estimate of drug-likeness (QED) is 0.788. The highest BCUT2D eigenvalue weighted by Gasteiger charge is 2.12. The minimum absolute atomic E-state index is 0.0400. The van der Waals surface area contributed by atoms with Gasteiger partial charge in [-0.3, -0.25) is 0 Å². The van der Waals surface area contributed by atoms with Crippen LogP contribution in [0, 0.1) is 11.6 Å². The van der Waals surface area contributed by atoms with Gasteiger partial charge in [0, 0.05) is 11.0 Å². The molecule has 20 heavy (non-hydrogen) atoms. The molecule has 1 heterocycles. The molecule has 1 N–H and O–H groups in total. The largest absolute Gasteiger partial charge is 0.483 e. The molecule has 0 aliphatic carbocycles. The van der Waals surface area contributed by atoms with Crippen molar-refractivity contribution < 1.29 is 13.5 Å². The summed E-state index contributed by atoms with van der Waals surface area (Å²) >= 11 is 4.40. The van der Waals surface area contributed by atoms with E-state index in [4.69, 9.17) is 4.74 Å². The molecule has 0 saturated carbocycles. The Labute approximate surface area is 127 Å². The first-order valence-corrected chi connectivity index (χ1v) is 7.54. The van der Waals surface area contributed by atoms with Gasteiger partial charge >= 0.3 is 0 Å². The first-order valence-electron chi connectivity index (χ1n) is 5.93. The summed E-state index contributed by atoms with van der Waals surface area (Å²) in [6, 6.07) is 2.41. The highest BCUT2D eigenvalue weighted by atomic mass is 79.9. The number of hydrogen-bond donors (Lipinski definition) is 1. The van der Waals surface area contributed by atoms with Crippen LogP contribution in [0.15, 0.2) is 16.6 Å². The van der Waals surface area contributed by atoms with Crippen molar-refractivity contribution in [2.45, 2.75) is 20.0 Å². The van der Waals surface area contributed by atoms with Crippen LogP contribution in [0.3, 0.4) is 0 Å². The third-order valence-corrected chi connectivity index (χ3v) is 3.62. The van der Waals surface area contributed by atoms with Gasteiger partial charge in [0.2, 0.25) is 10.9 Å². The lowest BCUT2D eigenvalue weighted by molar-refractivity contribution is 0.283. The van der Waals surface area contributed by atoms with Crippen molar-refractivity contribution in [1.82, 2.24) is 10.2 Å². The van der Waals surface area contributed by atoms with E-state index in [1.54, 1.807) is 0 Å². The molecule has 8 heteroatoms. The second kappa shape index (κ2) is 6.94. The van der Waals surface area contributed by atoms with E-state index in [2.05, 4.69) is 31.4 Å². The predicted molar refractivity (Wildman–Crippen MR) is 77.1 cm³/mol. The Morgan fingerprint density at radius 3 is 2.90 bits per heavy atom. The minimum Gasteiger partial charge on any atom is -0.483 e. The van der Waals surface area contributed by atoms with Gasteiger partial charge in [0.1, 0.15) is 6.61 Å². The molecule has 2 rings (SSSR count). The number of nitrogens with one attached hydrogen (secondary N) is 1. The smallest absolute Gasteiger partial charge is 0.205 e. The van der Waals surface area contributed by atoms with Crippen LogP contribution in [0.5, 0.6) is 5.75 Å². The summed E-state index contributed by atoms with van der Waals surface area (Å²) in [6.07, 6.45) is 0.980. The summed E-state index contributed by atoms with van der Waals surface area (Å²) in [5, 5.41) is 12.2. The zero-order valence-electron chi connectivity index (χ0n) is 10.6. The third kappa shape index (κ3) is 3.86. The molecule has 108 valence electrons. The number of anilines is 1. The van der Waals surface area contributed by atoms with Crippen LogP contribution >= 0.6 is 27.3 Å². The number of aromatic nitrogens is 2. The summed E-state index contributed by atoms with van der Waals surface area (Å²) in [4.78, 5) is 0. The van der Waals surface area contributed by atoms with Gasteiger partial charge in [-0.15, -0.1) is 10.2 Å².